The minimum Gasteiger partial charge on any atom is -0.432 e. The third-order valence-corrected chi connectivity index (χ3v) is 3.73. The molecule has 124 valence electrons. The monoisotopic (exact) mass is 326 g/mol. The maximum Gasteiger partial charge on any atom is 0.513 e. The molecule has 2 aromatic rings. The minimum absolute atomic E-state index is 0.0225. The van der Waals surface area contributed by atoms with Crippen LogP contribution in [-0.4, -0.2) is 37.8 Å². The fraction of sp³-hybridized carbons (Fsp3) is 0.222. The number of nitrogens with one attached hydrogen (secondary N) is 1. The van der Waals surface area contributed by atoms with Crippen molar-refractivity contribution in [1.29, 1.82) is 0 Å². The fourth-order valence-corrected chi connectivity index (χ4v) is 2.45. The summed E-state index contributed by atoms with van der Waals surface area (Å²) in [5.74, 6) is 0.409. The van der Waals surface area contributed by atoms with Crippen LogP contribution in [0, 0.1) is 0 Å². The van der Waals surface area contributed by atoms with Crippen LogP contribution in [0.1, 0.15) is 0 Å². The lowest BCUT2D eigenvalue weighted by molar-refractivity contribution is -0.127. The fourth-order valence-electron chi connectivity index (χ4n) is 2.45. The number of para-hydroxylation sites is 2. The molecule has 0 aliphatic carbocycles. The number of anilines is 1. The lowest BCUT2D eigenvalue weighted by Crippen LogP contribution is -2.62. The molecular formula is C18H18N2O4. The number of amides is 1. The normalized spacial score (nSPS) is 15.8. The first-order valence-electron chi connectivity index (χ1n) is 7.73. The number of β-lactam (4-membered cyclic amide) rings is 1. The van der Waals surface area contributed by atoms with E-state index in [9.17, 15) is 9.59 Å². The number of hydrogen-bond acceptors (Lipinski definition) is 5. The lowest BCUT2D eigenvalue weighted by Gasteiger charge is -2.38. The van der Waals surface area contributed by atoms with Crippen LogP contribution in [0.15, 0.2) is 60.7 Å². The summed E-state index contributed by atoms with van der Waals surface area (Å²) in [6.45, 7) is 1.12. The molecular weight excluding hydrogens is 308 g/mol. The van der Waals surface area contributed by atoms with Gasteiger partial charge in [0, 0.05) is 12.2 Å². The Morgan fingerprint density at radius 3 is 2.33 bits per heavy atom. The molecule has 1 atom stereocenters. The SMILES string of the molecule is O=C(OCCN(c1ccccc1)C1CNC1=O)Oc1ccccc1. The number of hydrogen-bond donors (Lipinski definition) is 1. The summed E-state index contributed by atoms with van der Waals surface area (Å²) in [7, 11) is 0. The van der Waals surface area contributed by atoms with Gasteiger partial charge in [-0.3, -0.25) is 4.79 Å². The van der Waals surface area contributed by atoms with Crippen molar-refractivity contribution in [3.8, 4) is 5.75 Å². The first kappa shape index (κ1) is 15.9. The first-order chi connectivity index (χ1) is 11.7. The molecule has 1 amide bonds. The molecule has 1 fully saturated rings. The van der Waals surface area contributed by atoms with Crippen LogP contribution in [0.25, 0.3) is 0 Å². The number of carbonyl (C=O) groups is 2. The highest BCUT2D eigenvalue weighted by molar-refractivity contribution is 5.91. The molecule has 6 nitrogen and oxygen atoms in total. The summed E-state index contributed by atoms with van der Waals surface area (Å²) >= 11 is 0. The molecule has 0 aromatic heterocycles. The quantitative estimate of drug-likeness (QED) is 0.501. The van der Waals surface area contributed by atoms with E-state index in [2.05, 4.69) is 5.32 Å². The van der Waals surface area contributed by atoms with Crippen LogP contribution in [0.4, 0.5) is 10.5 Å². The van der Waals surface area contributed by atoms with Crippen molar-refractivity contribution in [2.24, 2.45) is 0 Å². The summed E-state index contributed by atoms with van der Waals surface area (Å²) in [4.78, 5) is 25.3. The van der Waals surface area contributed by atoms with E-state index in [-0.39, 0.29) is 18.6 Å². The number of ether oxygens (including phenoxy) is 2. The number of rotatable bonds is 6. The zero-order valence-corrected chi connectivity index (χ0v) is 13.1. The maximum atomic E-state index is 11.7. The van der Waals surface area contributed by atoms with E-state index >= 15 is 0 Å². The first-order valence-corrected chi connectivity index (χ1v) is 7.73. The second-order valence-electron chi connectivity index (χ2n) is 5.30. The molecule has 6 heteroatoms. The average molecular weight is 326 g/mol. The zero-order valence-electron chi connectivity index (χ0n) is 13.1. The Labute approximate surface area is 140 Å². The van der Waals surface area contributed by atoms with Crippen LogP contribution in [0.3, 0.4) is 0 Å². The van der Waals surface area contributed by atoms with Crippen molar-refractivity contribution < 1.29 is 19.1 Å². The Bertz CT molecular complexity index is 691. The van der Waals surface area contributed by atoms with Gasteiger partial charge in [0.25, 0.3) is 0 Å². The molecule has 0 bridgehead atoms. The van der Waals surface area contributed by atoms with E-state index in [1.807, 2.05) is 41.3 Å². The smallest absolute Gasteiger partial charge is 0.432 e. The van der Waals surface area contributed by atoms with Crippen molar-refractivity contribution in [3.05, 3.63) is 60.7 Å². The standard InChI is InChI=1S/C18H18N2O4/c21-17-16(13-19-17)20(14-7-3-1-4-8-14)11-12-23-18(22)24-15-9-5-2-6-10-15/h1-10,16H,11-13H2,(H,19,21). The van der Waals surface area contributed by atoms with Gasteiger partial charge in [-0.15, -0.1) is 0 Å². The van der Waals surface area contributed by atoms with Crippen molar-refractivity contribution in [1.82, 2.24) is 5.32 Å². The van der Waals surface area contributed by atoms with E-state index in [0.29, 0.717) is 18.8 Å². The molecule has 1 N–H and O–H groups in total. The molecule has 1 heterocycles. The maximum absolute atomic E-state index is 11.7. The second-order valence-corrected chi connectivity index (χ2v) is 5.30. The van der Waals surface area contributed by atoms with Gasteiger partial charge in [0.2, 0.25) is 5.91 Å². The Kier molecular flexibility index (Phi) is 4.96. The highest BCUT2D eigenvalue weighted by Crippen LogP contribution is 2.19. The number of benzene rings is 2. The van der Waals surface area contributed by atoms with E-state index in [4.69, 9.17) is 9.47 Å². The second kappa shape index (κ2) is 7.50. The zero-order chi connectivity index (χ0) is 16.8. The van der Waals surface area contributed by atoms with E-state index in [0.717, 1.165) is 5.69 Å². The largest absolute Gasteiger partial charge is 0.513 e. The van der Waals surface area contributed by atoms with Crippen LogP contribution >= 0.6 is 0 Å². The van der Waals surface area contributed by atoms with Crippen LogP contribution in [-0.2, 0) is 9.53 Å². The Hall–Kier alpha value is -3.02. The molecule has 1 unspecified atom stereocenters. The Balaban J connectivity index is 1.54. The summed E-state index contributed by atoms with van der Waals surface area (Å²) in [5.41, 5.74) is 0.914. The molecule has 1 saturated heterocycles. The van der Waals surface area contributed by atoms with Crippen molar-refractivity contribution >= 4 is 17.7 Å². The molecule has 24 heavy (non-hydrogen) atoms. The third kappa shape index (κ3) is 3.84. The molecule has 0 saturated carbocycles. The molecule has 0 spiro atoms. The van der Waals surface area contributed by atoms with Gasteiger partial charge in [0.15, 0.2) is 0 Å². The molecule has 3 rings (SSSR count). The predicted octanol–water partition coefficient (Wildman–Crippen LogP) is 2.21. The van der Waals surface area contributed by atoms with Gasteiger partial charge in [-0.2, -0.15) is 0 Å². The third-order valence-electron chi connectivity index (χ3n) is 3.73. The van der Waals surface area contributed by atoms with E-state index < -0.39 is 6.16 Å². The van der Waals surface area contributed by atoms with Crippen molar-refractivity contribution in [3.63, 3.8) is 0 Å². The molecule has 1 aliphatic heterocycles. The summed E-state index contributed by atoms with van der Waals surface area (Å²) in [6, 6.07) is 18.1. The van der Waals surface area contributed by atoms with Gasteiger partial charge >= 0.3 is 6.16 Å². The Morgan fingerprint density at radius 1 is 1.08 bits per heavy atom. The molecule has 1 aliphatic rings. The van der Waals surface area contributed by atoms with Crippen molar-refractivity contribution in [2.75, 3.05) is 24.6 Å². The van der Waals surface area contributed by atoms with Gasteiger partial charge in [0.05, 0.1) is 6.54 Å². The minimum atomic E-state index is -0.757. The van der Waals surface area contributed by atoms with E-state index in [1.54, 1.807) is 24.3 Å². The van der Waals surface area contributed by atoms with Gasteiger partial charge in [0.1, 0.15) is 18.4 Å². The van der Waals surface area contributed by atoms with Crippen LogP contribution in [0.2, 0.25) is 0 Å². The van der Waals surface area contributed by atoms with E-state index in [1.165, 1.54) is 0 Å². The number of nitrogens with zero attached hydrogens (tertiary/aromatic N) is 1. The summed E-state index contributed by atoms with van der Waals surface area (Å²) in [5, 5.41) is 2.73. The predicted molar refractivity (Wildman–Crippen MR) is 89.0 cm³/mol. The van der Waals surface area contributed by atoms with Gasteiger partial charge < -0.3 is 19.7 Å². The lowest BCUT2D eigenvalue weighted by atomic mass is 10.1. The van der Waals surface area contributed by atoms with Crippen LogP contribution in [0.5, 0.6) is 5.75 Å². The number of carbonyl (C=O) groups excluding carboxylic acids is 2. The van der Waals surface area contributed by atoms with Crippen molar-refractivity contribution in [2.45, 2.75) is 6.04 Å². The summed E-state index contributed by atoms with van der Waals surface area (Å²) < 4.78 is 10.2. The average Bonchev–Trinajstić information content (AvgIpc) is 2.61. The molecule has 2 aromatic carbocycles. The van der Waals surface area contributed by atoms with Crippen LogP contribution < -0.4 is 15.0 Å². The van der Waals surface area contributed by atoms with Gasteiger partial charge in [-0.05, 0) is 24.3 Å². The summed E-state index contributed by atoms with van der Waals surface area (Å²) in [6.07, 6.45) is -0.757. The van der Waals surface area contributed by atoms with Gasteiger partial charge in [-0.25, -0.2) is 4.79 Å². The highest BCUT2D eigenvalue weighted by atomic mass is 16.7. The highest BCUT2D eigenvalue weighted by Gasteiger charge is 2.33. The topological polar surface area (TPSA) is 67.9 Å². The Morgan fingerprint density at radius 2 is 1.75 bits per heavy atom. The molecule has 0 radical (unpaired) electrons. The van der Waals surface area contributed by atoms with Gasteiger partial charge in [-0.1, -0.05) is 36.4 Å².